The minimum atomic E-state index is -0.408. The maximum absolute atomic E-state index is 14.0. The van der Waals surface area contributed by atoms with E-state index in [1.165, 1.54) is 17.5 Å². The number of hydrogen-bond donors (Lipinski definition) is 1. The third-order valence-corrected chi connectivity index (χ3v) is 8.64. The number of rotatable bonds is 9. The lowest BCUT2D eigenvalue weighted by atomic mass is 9.83. The van der Waals surface area contributed by atoms with E-state index in [1.807, 2.05) is 12.3 Å². The number of carbonyl (C=O) groups excluding carboxylic acids is 1. The molecule has 2 fully saturated rings. The summed E-state index contributed by atoms with van der Waals surface area (Å²) in [5.41, 5.74) is 2.98. The highest BCUT2D eigenvalue weighted by atomic mass is 16.5. The molecule has 1 saturated carbocycles. The van der Waals surface area contributed by atoms with Gasteiger partial charge in [0.15, 0.2) is 0 Å². The molecule has 0 spiro atoms. The van der Waals surface area contributed by atoms with Gasteiger partial charge in [0.2, 0.25) is 11.8 Å². The van der Waals surface area contributed by atoms with Gasteiger partial charge in [0.25, 0.3) is 0 Å². The van der Waals surface area contributed by atoms with Crippen LogP contribution >= 0.6 is 0 Å². The number of carbonyl (C=O) groups is 1. The van der Waals surface area contributed by atoms with Crippen LogP contribution in [0.5, 0.6) is 5.88 Å². The van der Waals surface area contributed by atoms with Gasteiger partial charge >= 0.3 is 0 Å². The zero-order valence-corrected chi connectivity index (χ0v) is 23.5. The van der Waals surface area contributed by atoms with Gasteiger partial charge in [-0.3, -0.25) is 4.79 Å². The van der Waals surface area contributed by atoms with E-state index in [0.29, 0.717) is 30.8 Å². The number of ether oxygens (including phenoxy) is 2. The SMILES string of the molecule is COc1ncc(C(C)C)cc1CNC1C(c2ccccc2)N(C(=O)C2CCCCC2)CC1C(C)(C)OC. The van der Waals surface area contributed by atoms with Gasteiger partial charge in [-0.15, -0.1) is 0 Å². The van der Waals surface area contributed by atoms with Gasteiger partial charge in [0, 0.05) is 49.8 Å². The Morgan fingerprint density at radius 1 is 1.14 bits per heavy atom. The van der Waals surface area contributed by atoms with E-state index in [2.05, 4.69) is 73.2 Å². The van der Waals surface area contributed by atoms with E-state index in [9.17, 15) is 4.79 Å². The number of nitrogens with one attached hydrogen (secondary N) is 1. The summed E-state index contributed by atoms with van der Waals surface area (Å²) in [5.74, 6) is 1.56. The first-order chi connectivity index (χ1) is 17.8. The maximum Gasteiger partial charge on any atom is 0.226 e. The lowest BCUT2D eigenvalue weighted by Gasteiger charge is -2.36. The van der Waals surface area contributed by atoms with Gasteiger partial charge in [0.1, 0.15) is 0 Å². The predicted octanol–water partition coefficient (Wildman–Crippen LogP) is 5.88. The zero-order valence-electron chi connectivity index (χ0n) is 23.5. The standard InChI is InChI=1S/C31H45N3O3/c1-21(2)24-17-25(29(36-5)33-18-24)19-32-27-26(31(3,4)37-6)20-34(28(27)22-13-9-7-10-14-22)30(35)23-15-11-8-12-16-23/h7,9-10,13-14,17-18,21,23,26-28,32H,8,11-12,15-16,19-20H2,1-6H3. The highest BCUT2D eigenvalue weighted by Crippen LogP contribution is 2.43. The number of hydrogen-bond acceptors (Lipinski definition) is 5. The molecule has 6 heteroatoms. The number of aromatic nitrogens is 1. The number of nitrogens with zero attached hydrogens (tertiary/aromatic N) is 2. The molecule has 0 radical (unpaired) electrons. The summed E-state index contributed by atoms with van der Waals surface area (Å²) in [5, 5.41) is 3.87. The molecular weight excluding hydrogens is 462 g/mol. The molecule has 37 heavy (non-hydrogen) atoms. The molecule has 6 nitrogen and oxygen atoms in total. The fraction of sp³-hybridized carbons (Fsp3) is 0.613. The van der Waals surface area contributed by atoms with Crippen LogP contribution in [0.2, 0.25) is 0 Å². The largest absolute Gasteiger partial charge is 0.481 e. The van der Waals surface area contributed by atoms with Crippen LogP contribution in [-0.4, -0.2) is 48.2 Å². The molecule has 4 rings (SSSR count). The van der Waals surface area contributed by atoms with Crippen molar-refractivity contribution in [3.63, 3.8) is 0 Å². The van der Waals surface area contributed by atoms with Gasteiger partial charge in [-0.2, -0.15) is 0 Å². The van der Waals surface area contributed by atoms with Crippen LogP contribution in [0.25, 0.3) is 0 Å². The van der Waals surface area contributed by atoms with Gasteiger partial charge in [-0.25, -0.2) is 4.98 Å². The Balaban J connectivity index is 1.70. The molecule has 1 aliphatic heterocycles. The lowest BCUT2D eigenvalue weighted by Crippen LogP contribution is -2.47. The summed E-state index contributed by atoms with van der Waals surface area (Å²) in [7, 11) is 3.45. The molecule has 2 aromatic rings. The Labute approximate surface area is 223 Å². The maximum atomic E-state index is 14.0. The minimum Gasteiger partial charge on any atom is -0.481 e. The summed E-state index contributed by atoms with van der Waals surface area (Å²) in [6.45, 7) is 9.92. The Hall–Kier alpha value is -2.44. The molecule has 0 bridgehead atoms. The second kappa shape index (κ2) is 12.0. The highest BCUT2D eigenvalue weighted by Gasteiger charge is 2.51. The Morgan fingerprint density at radius 2 is 1.84 bits per heavy atom. The molecule has 1 N–H and O–H groups in total. The molecule has 1 aromatic carbocycles. The Morgan fingerprint density at radius 3 is 2.46 bits per heavy atom. The molecule has 1 aliphatic carbocycles. The predicted molar refractivity (Wildman–Crippen MR) is 148 cm³/mol. The number of pyridine rings is 1. The summed E-state index contributed by atoms with van der Waals surface area (Å²) >= 11 is 0. The monoisotopic (exact) mass is 507 g/mol. The number of amides is 1. The van der Waals surface area contributed by atoms with Crippen molar-refractivity contribution in [3.05, 3.63) is 59.3 Å². The average Bonchev–Trinajstić information content (AvgIpc) is 3.32. The van der Waals surface area contributed by atoms with Crippen molar-refractivity contribution in [2.45, 2.75) is 89.9 Å². The van der Waals surface area contributed by atoms with Crippen LogP contribution in [0.15, 0.2) is 42.6 Å². The molecule has 1 aromatic heterocycles. The van der Waals surface area contributed by atoms with Crippen molar-refractivity contribution in [1.29, 1.82) is 0 Å². The van der Waals surface area contributed by atoms with E-state index >= 15 is 0 Å². The van der Waals surface area contributed by atoms with E-state index < -0.39 is 5.60 Å². The number of methoxy groups -OCH3 is 2. The topological polar surface area (TPSA) is 63.7 Å². The highest BCUT2D eigenvalue weighted by molar-refractivity contribution is 5.80. The summed E-state index contributed by atoms with van der Waals surface area (Å²) in [6, 6.07) is 12.6. The molecule has 1 amide bonds. The molecule has 3 atom stereocenters. The molecule has 202 valence electrons. The second-order valence-corrected chi connectivity index (χ2v) is 11.6. The zero-order chi connectivity index (χ0) is 26.6. The van der Waals surface area contributed by atoms with Crippen LogP contribution in [0.3, 0.4) is 0 Å². The second-order valence-electron chi connectivity index (χ2n) is 11.6. The quantitative estimate of drug-likeness (QED) is 0.459. The normalized spacial score (nSPS) is 23.0. The van der Waals surface area contributed by atoms with Crippen molar-refractivity contribution >= 4 is 5.91 Å². The van der Waals surface area contributed by atoms with Crippen molar-refractivity contribution in [3.8, 4) is 5.88 Å². The fourth-order valence-corrected chi connectivity index (χ4v) is 6.13. The molecule has 2 heterocycles. The lowest BCUT2D eigenvalue weighted by molar-refractivity contribution is -0.138. The van der Waals surface area contributed by atoms with E-state index in [-0.39, 0.29) is 23.9 Å². The van der Waals surface area contributed by atoms with Crippen LogP contribution in [0.4, 0.5) is 0 Å². The Kier molecular flexibility index (Phi) is 8.91. The molecule has 2 aliphatic rings. The number of benzene rings is 1. The van der Waals surface area contributed by atoms with Crippen molar-refractivity contribution < 1.29 is 14.3 Å². The van der Waals surface area contributed by atoms with Crippen LogP contribution in [0.1, 0.15) is 88.4 Å². The van der Waals surface area contributed by atoms with Crippen LogP contribution in [0, 0.1) is 11.8 Å². The van der Waals surface area contributed by atoms with Crippen LogP contribution < -0.4 is 10.1 Å². The first-order valence-electron chi connectivity index (χ1n) is 13.9. The van der Waals surface area contributed by atoms with Gasteiger partial charge in [-0.1, -0.05) is 63.4 Å². The Bertz CT molecular complexity index is 1030. The summed E-state index contributed by atoms with van der Waals surface area (Å²) in [4.78, 5) is 20.8. The van der Waals surface area contributed by atoms with Crippen molar-refractivity contribution in [2.75, 3.05) is 20.8 Å². The number of likely N-dealkylation sites (tertiary alicyclic amines) is 1. The first kappa shape index (κ1) is 27.6. The summed E-state index contributed by atoms with van der Waals surface area (Å²) in [6.07, 6.45) is 7.43. The third-order valence-electron chi connectivity index (χ3n) is 8.64. The van der Waals surface area contributed by atoms with E-state index in [1.54, 1.807) is 14.2 Å². The molecule has 1 saturated heterocycles. The first-order valence-corrected chi connectivity index (χ1v) is 13.9. The fourth-order valence-electron chi connectivity index (χ4n) is 6.13. The third kappa shape index (κ3) is 6.01. The summed E-state index contributed by atoms with van der Waals surface area (Å²) < 4.78 is 11.7. The van der Waals surface area contributed by atoms with Gasteiger partial charge < -0.3 is 19.7 Å². The van der Waals surface area contributed by atoms with Gasteiger partial charge in [-0.05, 0) is 49.8 Å². The molecular formula is C31H45N3O3. The van der Waals surface area contributed by atoms with Crippen LogP contribution in [-0.2, 0) is 16.1 Å². The average molecular weight is 508 g/mol. The van der Waals surface area contributed by atoms with E-state index in [4.69, 9.17) is 9.47 Å². The van der Waals surface area contributed by atoms with Gasteiger partial charge in [0.05, 0.1) is 18.8 Å². The van der Waals surface area contributed by atoms with Crippen molar-refractivity contribution in [1.82, 2.24) is 15.2 Å². The smallest absolute Gasteiger partial charge is 0.226 e. The van der Waals surface area contributed by atoms with E-state index in [0.717, 1.165) is 31.2 Å². The minimum absolute atomic E-state index is 0.0114. The van der Waals surface area contributed by atoms with Crippen molar-refractivity contribution in [2.24, 2.45) is 11.8 Å². The molecule has 3 unspecified atom stereocenters.